The van der Waals surface area contributed by atoms with Crippen molar-refractivity contribution in [3.63, 3.8) is 0 Å². The van der Waals surface area contributed by atoms with Crippen LogP contribution in [-0.2, 0) is 0 Å². The number of benzene rings is 1. The van der Waals surface area contributed by atoms with E-state index in [1.54, 1.807) is 25.1 Å². The molecular weight excluding hydrogens is 278 g/mol. The molecule has 0 spiro atoms. The van der Waals surface area contributed by atoms with Crippen LogP contribution in [0, 0.1) is 18.3 Å². The minimum atomic E-state index is -1.08. The van der Waals surface area contributed by atoms with E-state index in [1.165, 1.54) is 12.1 Å². The van der Waals surface area contributed by atoms with E-state index in [0.29, 0.717) is 22.8 Å². The van der Waals surface area contributed by atoms with Crippen LogP contribution >= 0.6 is 11.6 Å². The maximum atomic E-state index is 10.9. The highest BCUT2D eigenvalue weighted by atomic mass is 35.5. The quantitative estimate of drug-likeness (QED) is 0.904. The van der Waals surface area contributed by atoms with Crippen LogP contribution in [0.15, 0.2) is 30.3 Å². The first kappa shape index (κ1) is 13.8. The van der Waals surface area contributed by atoms with Crippen LogP contribution < -0.4 is 5.32 Å². The number of aromatic nitrogens is 1. The Bertz CT molecular complexity index is 723. The summed E-state index contributed by atoms with van der Waals surface area (Å²) >= 11 is 5.89. The standard InChI is InChI=1S/C14H10ClN3O2/c1-8-4-9(7-16)5-13(17-8)18-10-2-3-11(14(19)20)12(15)6-10/h2-6H,1H3,(H,17,18)(H,19,20). The SMILES string of the molecule is Cc1cc(C#N)cc(Nc2ccc(C(=O)O)c(Cl)c2)n1. The van der Waals surface area contributed by atoms with Gasteiger partial charge in [-0.05, 0) is 37.3 Å². The first-order valence-electron chi connectivity index (χ1n) is 5.68. The van der Waals surface area contributed by atoms with Gasteiger partial charge in [-0.2, -0.15) is 5.26 Å². The molecular formula is C14H10ClN3O2. The largest absolute Gasteiger partial charge is 0.478 e. The molecule has 0 bridgehead atoms. The van der Waals surface area contributed by atoms with Crippen molar-refractivity contribution < 1.29 is 9.90 Å². The zero-order valence-corrected chi connectivity index (χ0v) is 11.3. The number of nitrogens with zero attached hydrogens (tertiary/aromatic N) is 2. The molecule has 2 rings (SSSR count). The fourth-order valence-electron chi connectivity index (χ4n) is 1.71. The lowest BCUT2D eigenvalue weighted by Gasteiger charge is -2.08. The minimum absolute atomic E-state index is 0.0344. The lowest BCUT2D eigenvalue weighted by Crippen LogP contribution is -2.00. The molecule has 0 unspecified atom stereocenters. The normalized spacial score (nSPS) is 9.85. The summed E-state index contributed by atoms with van der Waals surface area (Å²) in [6, 6.07) is 9.82. The van der Waals surface area contributed by atoms with E-state index >= 15 is 0 Å². The number of aryl methyl sites for hydroxylation is 1. The van der Waals surface area contributed by atoms with Crippen molar-refractivity contribution in [2.24, 2.45) is 0 Å². The number of anilines is 2. The van der Waals surface area contributed by atoms with Crippen LogP contribution in [-0.4, -0.2) is 16.1 Å². The van der Waals surface area contributed by atoms with E-state index in [0.717, 1.165) is 0 Å². The van der Waals surface area contributed by atoms with Gasteiger partial charge < -0.3 is 10.4 Å². The molecule has 0 aliphatic rings. The van der Waals surface area contributed by atoms with Crippen molar-refractivity contribution in [1.82, 2.24) is 4.98 Å². The number of carboxylic acids is 1. The van der Waals surface area contributed by atoms with Crippen LogP contribution in [0.3, 0.4) is 0 Å². The zero-order valence-electron chi connectivity index (χ0n) is 10.5. The van der Waals surface area contributed by atoms with Crippen molar-refractivity contribution in [3.05, 3.63) is 52.2 Å². The van der Waals surface area contributed by atoms with E-state index in [1.807, 2.05) is 6.07 Å². The summed E-state index contributed by atoms with van der Waals surface area (Å²) in [5.41, 5.74) is 1.84. The molecule has 0 saturated carbocycles. The second-order valence-electron chi connectivity index (χ2n) is 4.12. The Hall–Kier alpha value is -2.58. The van der Waals surface area contributed by atoms with Crippen LogP contribution in [0.1, 0.15) is 21.6 Å². The topological polar surface area (TPSA) is 86.0 Å². The fourth-order valence-corrected chi connectivity index (χ4v) is 1.97. The molecule has 0 radical (unpaired) electrons. The molecule has 2 N–H and O–H groups in total. The Balaban J connectivity index is 2.31. The van der Waals surface area contributed by atoms with E-state index in [2.05, 4.69) is 10.3 Å². The van der Waals surface area contributed by atoms with Crippen molar-refractivity contribution >= 4 is 29.1 Å². The van der Waals surface area contributed by atoms with Crippen molar-refractivity contribution in [2.45, 2.75) is 6.92 Å². The van der Waals surface area contributed by atoms with Gasteiger partial charge in [-0.25, -0.2) is 9.78 Å². The monoisotopic (exact) mass is 287 g/mol. The number of carboxylic acid groups (broad SMARTS) is 1. The lowest BCUT2D eigenvalue weighted by molar-refractivity contribution is 0.0697. The predicted octanol–water partition coefficient (Wildman–Crippen LogP) is 3.36. The van der Waals surface area contributed by atoms with E-state index in [4.69, 9.17) is 22.0 Å². The molecule has 100 valence electrons. The van der Waals surface area contributed by atoms with Gasteiger partial charge in [0.25, 0.3) is 0 Å². The van der Waals surface area contributed by atoms with Gasteiger partial charge >= 0.3 is 5.97 Å². The lowest BCUT2D eigenvalue weighted by atomic mass is 10.2. The van der Waals surface area contributed by atoms with Crippen molar-refractivity contribution in [2.75, 3.05) is 5.32 Å². The average Bonchev–Trinajstić information content (AvgIpc) is 2.37. The summed E-state index contributed by atoms with van der Waals surface area (Å²) in [6.07, 6.45) is 0. The fraction of sp³-hybridized carbons (Fsp3) is 0.0714. The van der Waals surface area contributed by atoms with Gasteiger partial charge in [0.15, 0.2) is 0 Å². The van der Waals surface area contributed by atoms with Crippen LogP contribution in [0.25, 0.3) is 0 Å². The summed E-state index contributed by atoms with van der Waals surface area (Å²) in [7, 11) is 0. The third-order valence-electron chi connectivity index (χ3n) is 2.55. The second kappa shape index (κ2) is 5.59. The second-order valence-corrected chi connectivity index (χ2v) is 4.53. The molecule has 0 amide bonds. The molecule has 0 aliphatic heterocycles. The molecule has 0 saturated heterocycles. The number of hydrogen-bond donors (Lipinski definition) is 2. The Labute approximate surface area is 120 Å². The molecule has 20 heavy (non-hydrogen) atoms. The number of halogens is 1. The number of pyridine rings is 1. The summed E-state index contributed by atoms with van der Waals surface area (Å²) in [5.74, 6) is -0.581. The summed E-state index contributed by atoms with van der Waals surface area (Å²) in [5, 5.41) is 20.9. The molecule has 6 heteroatoms. The van der Waals surface area contributed by atoms with E-state index in [9.17, 15) is 4.79 Å². The van der Waals surface area contributed by atoms with Gasteiger partial charge in [0, 0.05) is 11.4 Å². The van der Waals surface area contributed by atoms with Crippen LogP contribution in [0.2, 0.25) is 5.02 Å². The highest BCUT2D eigenvalue weighted by molar-refractivity contribution is 6.33. The van der Waals surface area contributed by atoms with Crippen molar-refractivity contribution in [1.29, 1.82) is 5.26 Å². The number of nitriles is 1. The van der Waals surface area contributed by atoms with E-state index < -0.39 is 5.97 Å². The number of carbonyl (C=O) groups is 1. The molecule has 1 aromatic carbocycles. The Morgan fingerprint density at radius 3 is 2.75 bits per heavy atom. The highest BCUT2D eigenvalue weighted by Crippen LogP contribution is 2.23. The number of rotatable bonds is 3. The Morgan fingerprint density at radius 1 is 1.40 bits per heavy atom. The smallest absolute Gasteiger partial charge is 0.337 e. The molecule has 5 nitrogen and oxygen atoms in total. The third-order valence-corrected chi connectivity index (χ3v) is 2.87. The van der Waals surface area contributed by atoms with Crippen LogP contribution in [0.5, 0.6) is 0 Å². The maximum absolute atomic E-state index is 10.9. The third kappa shape index (κ3) is 3.05. The average molecular weight is 288 g/mol. The zero-order chi connectivity index (χ0) is 14.7. The summed E-state index contributed by atoms with van der Waals surface area (Å²) in [4.78, 5) is 15.1. The molecule has 2 aromatic rings. The highest BCUT2D eigenvalue weighted by Gasteiger charge is 2.09. The van der Waals surface area contributed by atoms with Gasteiger partial charge in [-0.3, -0.25) is 0 Å². The van der Waals surface area contributed by atoms with Crippen LogP contribution in [0.4, 0.5) is 11.5 Å². The number of nitrogens with one attached hydrogen (secondary N) is 1. The van der Waals surface area contributed by atoms with Gasteiger partial charge in [0.05, 0.1) is 22.2 Å². The molecule has 1 heterocycles. The van der Waals surface area contributed by atoms with Gasteiger partial charge in [0.2, 0.25) is 0 Å². The Kier molecular flexibility index (Phi) is 3.87. The molecule has 0 fully saturated rings. The van der Waals surface area contributed by atoms with E-state index in [-0.39, 0.29) is 10.6 Å². The van der Waals surface area contributed by atoms with Gasteiger partial charge in [-0.15, -0.1) is 0 Å². The van der Waals surface area contributed by atoms with Gasteiger partial charge in [-0.1, -0.05) is 11.6 Å². The number of aromatic carboxylic acids is 1. The first-order chi connectivity index (χ1) is 9.49. The predicted molar refractivity (Wildman–Crippen MR) is 75.4 cm³/mol. The molecule has 0 atom stereocenters. The minimum Gasteiger partial charge on any atom is -0.478 e. The maximum Gasteiger partial charge on any atom is 0.337 e. The first-order valence-corrected chi connectivity index (χ1v) is 6.06. The van der Waals surface area contributed by atoms with Gasteiger partial charge in [0.1, 0.15) is 5.82 Å². The van der Waals surface area contributed by atoms with Crippen molar-refractivity contribution in [3.8, 4) is 6.07 Å². The summed E-state index contributed by atoms with van der Waals surface area (Å²) in [6.45, 7) is 1.78. The Morgan fingerprint density at radius 2 is 2.15 bits per heavy atom. The number of hydrogen-bond acceptors (Lipinski definition) is 4. The summed E-state index contributed by atoms with van der Waals surface area (Å²) < 4.78 is 0. The molecule has 1 aromatic heterocycles. The molecule has 0 aliphatic carbocycles.